The first-order chi connectivity index (χ1) is 10.7. The Balaban J connectivity index is 2.14. The average Bonchev–Trinajstić information content (AvgIpc) is 2.78. The summed E-state index contributed by atoms with van der Waals surface area (Å²) < 4.78 is 0. The molecule has 6 heteroatoms. The summed E-state index contributed by atoms with van der Waals surface area (Å²) in [7, 11) is 3.90. The first-order valence-electron chi connectivity index (χ1n) is 7.71. The van der Waals surface area contributed by atoms with E-state index in [-0.39, 0.29) is 17.2 Å². The van der Waals surface area contributed by atoms with Gasteiger partial charge in [0.2, 0.25) is 5.91 Å². The number of hydrogen-bond donors (Lipinski definition) is 1. The summed E-state index contributed by atoms with van der Waals surface area (Å²) >= 11 is 6.18. The maximum atomic E-state index is 12.7. The Bertz CT molecular complexity index is 620. The Morgan fingerprint density at radius 3 is 2.70 bits per heavy atom. The van der Waals surface area contributed by atoms with Crippen LogP contribution in [-0.4, -0.2) is 55.3 Å². The average molecular weight is 338 g/mol. The number of nitrogens with zero attached hydrogens (tertiary/aromatic N) is 2. The predicted octanol–water partition coefficient (Wildman–Crippen LogP) is 2.71. The standard InChI is InChI=1S/C17H24ClN3O2/c1-12(22)19-13-5-6-15(18)14(9-13)16(23)21(4)11-17(2)7-8-20(3)10-17/h5-6,9H,7-8,10-11H2,1-4H3,(H,19,22)/t17-/m0/s1. The van der Waals surface area contributed by atoms with Crippen LogP contribution in [0.15, 0.2) is 18.2 Å². The minimum atomic E-state index is -0.180. The number of rotatable bonds is 4. The van der Waals surface area contributed by atoms with Crippen LogP contribution in [0.3, 0.4) is 0 Å². The number of anilines is 1. The molecule has 126 valence electrons. The molecule has 1 aliphatic rings. The van der Waals surface area contributed by atoms with Crippen molar-refractivity contribution in [1.82, 2.24) is 9.80 Å². The van der Waals surface area contributed by atoms with Crippen molar-refractivity contribution in [2.24, 2.45) is 5.41 Å². The molecule has 1 saturated heterocycles. The summed E-state index contributed by atoms with van der Waals surface area (Å²) in [5.41, 5.74) is 1.08. The smallest absolute Gasteiger partial charge is 0.255 e. The number of amides is 2. The van der Waals surface area contributed by atoms with Crippen LogP contribution in [0, 0.1) is 5.41 Å². The quantitative estimate of drug-likeness (QED) is 0.919. The molecule has 1 aromatic rings. The van der Waals surface area contributed by atoms with E-state index in [1.54, 1.807) is 30.1 Å². The van der Waals surface area contributed by atoms with Crippen LogP contribution in [0.2, 0.25) is 5.02 Å². The molecule has 5 nitrogen and oxygen atoms in total. The second kappa shape index (κ2) is 6.89. The van der Waals surface area contributed by atoms with Gasteiger partial charge in [0.05, 0.1) is 10.6 Å². The lowest BCUT2D eigenvalue weighted by atomic mass is 9.89. The van der Waals surface area contributed by atoms with Crippen molar-refractivity contribution in [2.45, 2.75) is 20.3 Å². The second-order valence-electron chi connectivity index (χ2n) is 6.84. The first kappa shape index (κ1) is 17.8. The van der Waals surface area contributed by atoms with Crippen LogP contribution in [0.5, 0.6) is 0 Å². The maximum absolute atomic E-state index is 12.7. The molecule has 1 atom stereocenters. The van der Waals surface area contributed by atoms with Crippen LogP contribution < -0.4 is 5.32 Å². The second-order valence-corrected chi connectivity index (χ2v) is 7.24. The molecule has 1 heterocycles. The van der Waals surface area contributed by atoms with E-state index in [2.05, 4.69) is 24.2 Å². The molecule has 1 aromatic carbocycles. The van der Waals surface area contributed by atoms with E-state index in [9.17, 15) is 9.59 Å². The zero-order valence-electron chi connectivity index (χ0n) is 14.1. The third kappa shape index (κ3) is 4.45. The van der Waals surface area contributed by atoms with Crippen LogP contribution in [-0.2, 0) is 4.79 Å². The number of halogens is 1. The van der Waals surface area contributed by atoms with Gasteiger partial charge in [0.15, 0.2) is 0 Å². The van der Waals surface area contributed by atoms with E-state index in [0.29, 0.717) is 22.8 Å². The molecule has 2 amide bonds. The molecule has 0 aliphatic carbocycles. The molecule has 0 bridgehead atoms. The van der Waals surface area contributed by atoms with Gasteiger partial charge in [0.25, 0.3) is 5.91 Å². The molecular weight excluding hydrogens is 314 g/mol. The monoisotopic (exact) mass is 337 g/mol. The summed E-state index contributed by atoms with van der Waals surface area (Å²) in [6, 6.07) is 4.96. The summed E-state index contributed by atoms with van der Waals surface area (Å²) in [5, 5.41) is 3.07. The number of nitrogens with one attached hydrogen (secondary N) is 1. The lowest BCUT2D eigenvalue weighted by Gasteiger charge is -2.30. The number of hydrogen-bond acceptors (Lipinski definition) is 3. The minimum absolute atomic E-state index is 0.0981. The highest BCUT2D eigenvalue weighted by atomic mass is 35.5. The van der Waals surface area contributed by atoms with Gasteiger partial charge in [-0.3, -0.25) is 9.59 Å². The summed E-state index contributed by atoms with van der Waals surface area (Å²) in [6.07, 6.45) is 1.07. The van der Waals surface area contributed by atoms with E-state index in [1.807, 2.05) is 0 Å². The molecule has 0 spiro atoms. The van der Waals surface area contributed by atoms with E-state index >= 15 is 0 Å². The first-order valence-corrected chi connectivity index (χ1v) is 8.09. The van der Waals surface area contributed by atoms with Gasteiger partial charge in [-0.15, -0.1) is 0 Å². The lowest BCUT2D eigenvalue weighted by molar-refractivity contribution is -0.114. The Kier molecular flexibility index (Phi) is 5.32. The Morgan fingerprint density at radius 2 is 2.13 bits per heavy atom. The van der Waals surface area contributed by atoms with Gasteiger partial charge in [-0.2, -0.15) is 0 Å². The molecule has 0 unspecified atom stereocenters. The predicted molar refractivity (Wildman–Crippen MR) is 92.9 cm³/mol. The van der Waals surface area contributed by atoms with Crippen LogP contribution in [0.4, 0.5) is 5.69 Å². The van der Waals surface area contributed by atoms with Gasteiger partial charge in [0.1, 0.15) is 0 Å². The van der Waals surface area contributed by atoms with Crippen molar-refractivity contribution < 1.29 is 9.59 Å². The Morgan fingerprint density at radius 1 is 1.43 bits per heavy atom. The van der Waals surface area contributed by atoms with Crippen molar-refractivity contribution in [2.75, 3.05) is 39.0 Å². The zero-order valence-corrected chi connectivity index (χ0v) is 14.9. The van der Waals surface area contributed by atoms with Gasteiger partial charge in [-0.05, 0) is 43.6 Å². The third-order valence-corrected chi connectivity index (χ3v) is 4.56. The molecule has 23 heavy (non-hydrogen) atoms. The highest BCUT2D eigenvalue weighted by molar-refractivity contribution is 6.34. The van der Waals surface area contributed by atoms with Crippen molar-refractivity contribution in [3.8, 4) is 0 Å². The van der Waals surface area contributed by atoms with Crippen LogP contribution in [0.1, 0.15) is 30.6 Å². The largest absolute Gasteiger partial charge is 0.341 e. The molecule has 1 N–H and O–H groups in total. The van der Waals surface area contributed by atoms with E-state index in [4.69, 9.17) is 11.6 Å². The van der Waals surface area contributed by atoms with Crippen LogP contribution >= 0.6 is 11.6 Å². The van der Waals surface area contributed by atoms with Crippen LogP contribution in [0.25, 0.3) is 0 Å². The molecular formula is C17H24ClN3O2. The number of carbonyl (C=O) groups is 2. The van der Waals surface area contributed by atoms with E-state index < -0.39 is 0 Å². The Labute approximate surface area is 142 Å². The zero-order chi connectivity index (χ0) is 17.2. The SMILES string of the molecule is CC(=O)Nc1ccc(Cl)c(C(=O)N(C)C[C@@]2(C)CCN(C)C2)c1. The Hall–Kier alpha value is -1.59. The van der Waals surface area contributed by atoms with Gasteiger partial charge in [-0.1, -0.05) is 18.5 Å². The summed E-state index contributed by atoms with van der Waals surface area (Å²) in [4.78, 5) is 27.9. The van der Waals surface area contributed by atoms with Gasteiger partial charge in [0, 0.05) is 32.7 Å². The van der Waals surface area contributed by atoms with Crippen molar-refractivity contribution in [1.29, 1.82) is 0 Å². The van der Waals surface area contributed by atoms with Gasteiger partial charge < -0.3 is 15.1 Å². The summed E-state index contributed by atoms with van der Waals surface area (Å²) in [6.45, 7) is 6.34. The molecule has 0 aromatic heterocycles. The number of carbonyl (C=O) groups excluding carboxylic acids is 2. The fraction of sp³-hybridized carbons (Fsp3) is 0.529. The molecule has 2 rings (SSSR count). The third-order valence-electron chi connectivity index (χ3n) is 4.23. The normalized spacial score (nSPS) is 21.3. The minimum Gasteiger partial charge on any atom is -0.341 e. The molecule has 0 saturated carbocycles. The topological polar surface area (TPSA) is 52.7 Å². The maximum Gasteiger partial charge on any atom is 0.255 e. The van der Waals surface area contributed by atoms with Gasteiger partial charge in [-0.25, -0.2) is 0 Å². The van der Waals surface area contributed by atoms with Crippen molar-refractivity contribution in [3.05, 3.63) is 28.8 Å². The van der Waals surface area contributed by atoms with Crippen molar-refractivity contribution >= 4 is 29.1 Å². The lowest BCUT2D eigenvalue weighted by Crippen LogP contribution is -2.38. The van der Waals surface area contributed by atoms with Crippen molar-refractivity contribution in [3.63, 3.8) is 0 Å². The number of likely N-dealkylation sites (tertiary alicyclic amines) is 1. The highest BCUT2D eigenvalue weighted by Gasteiger charge is 2.34. The number of benzene rings is 1. The summed E-state index contributed by atoms with van der Waals surface area (Å²) in [5.74, 6) is -0.307. The van der Waals surface area contributed by atoms with E-state index in [1.165, 1.54) is 6.92 Å². The fourth-order valence-electron chi connectivity index (χ4n) is 3.22. The highest BCUT2D eigenvalue weighted by Crippen LogP contribution is 2.30. The molecule has 1 fully saturated rings. The molecule has 0 radical (unpaired) electrons. The molecule has 1 aliphatic heterocycles. The van der Waals surface area contributed by atoms with Gasteiger partial charge >= 0.3 is 0 Å². The van der Waals surface area contributed by atoms with E-state index in [0.717, 1.165) is 19.5 Å². The fourth-order valence-corrected chi connectivity index (χ4v) is 3.42.